The van der Waals surface area contributed by atoms with Crippen molar-refractivity contribution in [1.82, 2.24) is 5.32 Å². The summed E-state index contributed by atoms with van der Waals surface area (Å²) in [7, 11) is -3.20. The van der Waals surface area contributed by atoms with Crippen molar-refractivity contribution in [3.05, 3.63) is 65.2 Å². The lowest BCUT2D eigenvalue weighted by Gasteiger charge is -2.18. The van der Waals surface area contributed by atoms with Gasteiger partial charge in [-0.15, -0.1) is 0 Å². The van der Waals surface area contributed by atoms with Crippen molar-refractivity contribution >= 4 is 9.84 Å². The number of nitrogens with one attached hydrogen (secondary N) is 1. The van der Waals surface area contributed by atoms with E-state index in [9.17, 15) is 13.5 Å². The minimum atomic E-state index is -3.20. The number of sulfone groups is 1. The maximum atomic E-state index is 11.5. The summed E-state index contributed by atoms with van der Waals surface area (Å²) in [5.74, 6) is 0. The monoisotopic (exact) mass is 344 g/mol. The summed E-state index contributed by atoms with van der Waals surface area (Å²) >= 11 is 0. The highest BCUT2D eigenvalue weighted by molar-refractivity contribution is 7.90. The second kappa shape index (κ2) is 7.58. The lowest BCUT2D eigenvalue weighted by molar-refractivity contribution is 0.171. The van der Waals surface area contributed by atoms with Gasteiger partial charge in [0.25, 0.3) is 0 Å². The number of rotatable bonds is 6. The Labute approximate surface area is 142 Å². The molecule has 0 saturated carbocycles. The molecule has 2 aromatic carbocycles. The van der Waals surface area contributed by atoms with E-state index in [-0.39, 0.29) is 10.9 Å². The molecule has 2 rings (SSSR count). The van der Waals surface area contributed by atoms with Gasteiger partial charge in [0.15, 0.2) is 9.84 Å². The number of aliphatic hydroxyl groups is 1. The van der Waals surface area contributed by atoms with Crippen LogP contribution in [-0.4, -0.2) is 26.3 Å². The molecule has 0 aromatic heterocycles. The lowest BCUT2D eigenvalue weighted by Crippen LogP contribution is -2.24. The quantitative estimate of drug-likeness (QED) is 0.839. The van der Waals surface area contributed by atoms with Crippen LogP contribution in [-0.2, 0) is 9.84 Å². The molecule has 24 heavy (non-hydrogen) atoms. The first-order valence-electron chi connectivity index (χ1n) is 7.53. The fourth-order valence-corrected chi connectivity index (χ4v) is 2.94. The molecule has 0 saturated heterocycles. The van der Waals surface area contributed by atoms with Gasteiger partial charge in [0.2, 0.25) is 0 Å². The van der Waals surface area contributed by atoms with Crippen molar-refractivity contribution in [2.45, 2.75) is 24.0 Å². The van der Waals surface area contributed by atoms with E-state index in [0.29, 0.717) is 12.1 Å². The van der Waals surface area contributed by atoms with E-state index in [2.05, 4.69) is 5.32 Å². The second-order valence-corrected chi connectivity index (χ2v) is 7.74. The van der Waals surface area contributed by atoms with Crippen LogP contribution in [0.15, 0.2) is 53.4 Å². The molecule has 126 valence electrons. The summed E-state index contributed by atoms with van der Waals surface area (Å²) < 4.78 is 22.9. The zero-order valence-electron chi connectivity index (χ0n) is 13.6. The number of nitrogens with zero attached hydrogens (tertiary/aromatic N) is 1. The van der Waals surface area contributed by atoms with Crippen LogP contribution in [0.2, 0.25) is 0 Å². The first kappa shape index (κ1) is 18.1. The Balaban J connectivity index is 1.96. The first-order chi connectivity index (χ1) is 11.3. The largest absolute Gasteiger partial charge is 0.387 e. The van der Waals surface area contributed by atoms with Gasteiger partial charge in [-0.05, 0) is 42.3 Å². The van der Waals surface area contributed by atoms with E-state index in [4.69, 9.17) is 5.26 Å². The minimum absolute atomic E-state index is 0.0355. The molecule has 0 fully saturated rings. The average molecular weight is 344 g/mol. The molecule has 2 N–H and O–H groups in total. The maximum absolute atomic E-state index is 11.5. The third-order valence-corrected chi connectivity index (χ3v) is 4.98. The van der Waals surface area contributed by atoms with E-state index >= 15 is 0 Å². The van der Waals surface area contributed by atoms with Crippen molar-refractivity contribution < 1.29 is 13.5 Å². The van der Waals surface area contributed by atoms with Gasteiger partial charge >= 0.3 is 0 Å². The van der Waals surface area contributed by atoms with E-state index in [1.165, 1.54) is 6.26 Å². The summed E-state index contributed by atoms with van der Waals surface area (Å²) in [6.07, 6.45) is 0.493. The molecular formula is C18H20N2O3S. The Morgan fingerprint density at radius 1 is 1.08 bits per heavy atom. The summed E-state index contributed by atoms with van der Waals surface area (Å²) in [5.41, 5.74) is 2.23. The SMILES string of the molecule is CC(NCC(O)c1ccc(C#N)cc1)c1ccc(S(C)(=O)=O)cc1. The van der Waals surface area contributed by atoms with Gasteiger partial charge in [-0.3, -0.25) is 0 Å². The Hall–Kier alpha value is -2.20. The molecule has 0 aliphatic rings. The Kier molecular flexibility index (Phi) is 5.73. The van der Waals surface area contributed by atoms with Gasteiger partial charge in [0, 0.05) is 18.8 Å². The molecule has 5 nitrogen and oxygen atoms in total. The predicted molar refractivity (Wildman–Crippen MR) is 92.1 cm³/mol. The third-order valence-electron chi connectivity index (χ3n) is 3.85. The molecule has 2 aromatic rings. The topological polar surface area (TPSA) is 90.2 Å². The van der Waals surface area contributed by atoms with Crippen molar-refractivity contribution in [2.75, 3.05) is 12.8 Å². The molecule has 0 bridgehead atoms. The van der Waals surface area contributed by atoms with Crippen LogP contribution in [0.25, 0.3) is 0 Å². The van der Waals surface area contributed by atoms with Crippen molar-refractivity contribution in [1.29, 1.82) is 5.26 Å². The summed E-state index contributed by atoms with van der Waals surface area (Å²) in [4.78, 5) is 0.288. The Morgan fingerprint density at radius 2 is 1.62 bits per heavy atom. The molecule has 2 unspecified atom stereocenters. The van der Waals surface area contributed by atoms with Gasteiger partial charge < -0.3 is 10.4 Å². The van der Waals surface area contributed by atoms with E-state index in [1.54, 1.807) is 48.5 Å². The van der Waals surface area contributed by atoms with Gasteiger partial charge in [0.1, 0.15) is 0 Å². The zero-order chi connectivity index (χ0) is 17.7. The number of nitriles is 1. The molecule has 2 atom stereocenters. The Bertz CT molecular complexity index is 822. The second-order valence-electron chi connectivity index (χ2n) is 5.72. The molecular weight excluding hydrogens is 324 g/mol. The highest BCUT2D eigenvalue weighted by atomic mass is 32.2. The van der Waals surface area contributed by atoms with Crippen molar-refractivity contribution in [2.24, 2.45) is 0 Å². The highest BCUT2D eigenvalue weighted by Gasteiger charge is 2.12. The lowest BCUT2D eigenvalue weighted by atomic mass is 10.1. The fraction of sp³-hybridized carbons (Fsp3) is 0.278. The standard InChI is InChI=1S/C18H20N2O3S/c1-13(15-7-9-17(10-8-15)24(2,22)23)20-12-18(21)16-5-3-14(11-19)4-6-16/h3-10,13,18,20-21H,12H2,1-2H3. The van der Waals surface area contributed by atoms with Gasteiger partial charge in [-0.25, -0.2) is 8.42 Å². The molecule has 0 heterocycles. The van der Waals surface area contributed by atoms with Gasteiger partial charge in [-0.2, -0.15) is 5.26 Å². The van der Waals surface area contributed by atoms with Crippen LogP contribution in [0.5, 0.6) is 0 Å². The van der Waals surface area contributed by atoms with Crippen LogP contribution in [0.4, 0.5) is 0 Å². The van der Waals surface area contributed by atoms with Crippen LogP contribution >= 0.6 is 0 Å². The average Bonchev–Trinajstić information content (AvgIpc) is 2.58. The fourth-order valence-electron chi connectivity index (χ4n) is 2.31. The Morgan fingerprint density at radius 3 is 2.12 bits per heavy atom. The van der Waals surface area contributed by atoms with Crippen LogP contribution in [0.1, 0.15) is 35.8 Å². The molecule has 0 aliphatic carbocycles. The van der Waals surface area contributed by atoms with E-state index in [0.717, 1.165) is 11.1 Å². The summed E-state index contributed by atoms with van der Waals surface area (Å²) in [5, 5.41) is 22.2. The molecule has 0 radical (unpaired) electrons. The molecule has 6 heteroatoms. The van der Waals surface area contributed by atoms with Crippen LogP contribution in [0, 0.1) is 11.3 Å². The minimum Gasteiger partial charge on any atom is -0.387 e. The maximum Gasteiger partial charge on any atom is 0.175 e. The molecule has 0 aliphatic heterocycles. The number of hydrogen-bond donors (Lipinski definition) is 2. The number of aliphatic hydroxyl groups excluding tert-OH is 1. The van der Waals surface area contributed by atoms with Gasteiger partial charge in [-0.1, -0.05) is 24.3 Å². The zero-order valence-corrected chi connectivity index (χ0v) is 14.4. The molecule has 0 spiro atoms. The number of hydrogen-bond acceptors (Lipinski definition) is 5. The van der Waals surface area contributed by atoms with E-state index < -0.39 is 15.9 Å². The molecule has 0 amide bonds. The summed E-state index contributed by atoms with van der Waals surface area (Å²) in [6, 6.07) is 15.5. The van der Waals surface area contributed by atoms with Crippen LogP contribution < -0.4 is 5.32 Å². The van der Waals surface area contributed by atoms with Crippen molar-refractivity contribution in [3.63, 3.8) is 0 Å². The highest BCUT2D eigenvalue weighted by Crippen LogP contribution is 2.18. The van der Waals surface area contributed by atoms with Crippen molar-refractivity contribution in [3.8, 4) is 6.07 Å². The summed E-state index contributed by atoms with van der Waals surface area (Å²) in [6.45, 7) is 2.29. The number of benzene rings is 2. The third kappa shape index (κ3) is 4.65. The predicted octanol–water partition coefficient (Wildman–Crippen LogP) is 2.35. The van der Waals surface area contributed by atoms with Crippen LogP contribution in [0.3, 0.4) is 0 Å². The van der Waals surface area contributed by atoms with E-state index in [1.807, 2.05) is 13.0 Å². The first-order valence-corrected chi connectivity index (χ1v) is 9.42. The van der Waals surface area contributed by atoms with Gasteiger partial charge in [0.05, 0.1) is 22.6 Å². The smallest absolute Gasteiger partial charge is 0.175 e. The normalized spacial score (nSPS) is 13.9.